The second-order valence-electron chi connectivity index (χ2n) is 5.09. The van der Waals surface area contributed by atoms with Crippen molar-refractivity contribution in [1.82, 2.24) is 4.57 Å². The van der Waals surface area contributed by atoms with Crippen LogP contribution >= 0.6 is 0 Å². The van der Waals surface area contributed by atoms with Crippen molar-refractivity contribution in [2.45, 2.75) is 46.1 Å². The summed E-state index contributed by atoms with van der Waals surface area (Å²) in [5.74, 6) is 0.477. The molecule has 0 atom stereocenters. The summed E-state index contributed by atoms with van der Waals surface area (Å²) in [7, 11) is 0. The zero-order valence-corrected chi connectivity index (χ0v) is 10.1. The lowest BCUT2D eigenvalue weighted by atomic mass is 9.95. The van der Waals surface area contributed by atoms with Crippen LogP contribution in [0.3, 0.4) is 0 Å². The average Bonchev–Trinajstić information content (AvgIpc) is 2.24. The van der Waals surface area contributed by atoms with Crippen molar-refractivity contribution in [2.24, 2.45) is 5.92 Å². The molecular weight excluding hydrogens is 200 g/mol. The Bertz CT molecular complexity index is 446. The maximum absolute atomic E-state index is 12.0. The molecule has 16 heavy (non-hydrogen) atoms. The van der Waals surface area contributed by atoms with Crippen molar-refractivity contribution in [3.8, 4) is 0 Å². The topological polar surface area (TPSA) is 48.0 Å². The molecule has 88 valence electrons. The fourth-order valence-corrected chi connectivity index (χ4v) is 2.46. The molecule has 1 aromatic rings. The highest BCUT2D eigenvalue weighted by Gasteiger charge is 2.16. The molecule has 1 aliphatic rings. The summed E-state index contributed by atoms with van der Waals surface area (Å²) in [5, 5.41) is 0. The Morgan fingerprint density at radius 2 is 2.06 bits per heavy atom. The Hall–Kier alpha value is -1.25. The number of fused-ring (bicyclic) bond motifs is 1. The van der Waals surface area contributed by atoms with Crippen LogP contribution in [0.2, 0.25) is 0 Å². The molecule has 0 aliphatic heterocycles. The van der Waals surface area contributed by atoms with E-state index in [2.05, 4.69) is 13.8 Å². The van der Waals surface area contributed by atoms with Gasteiger partial charge in [0.05, 0.1) is 5.69 Å². The van der Waals surface area contributed by atoms with Gasteiger partial charge in [-0.3, -0.25) is 4.79 Å². The summed E-state index contributed by atoms with van der Waals surface area (Å²) in [5.41, 5.74) is 8.69. The number of hydrogen-bond acceptors (Lipinski definition) is 2. The average molecular weight is 220 g/mol. The van der Waals surface area contributed by atoms with Crippen LogP contribution in [0.25, 0.3) is 0 Å². The summed E-state index contributed by atoms with van der Waals surface area (Å²) in [6, 6.07) is 1.88. The Balaban J connectivity index is 2.54. The number of nitrogens with zero attached hydrogens (tertiary/aromatic N) is 1. The summed E-state index contributed by atoms with van der Waals surface area (Å²) >= 11 is 0. The van der Waals surface area contributed by atoms with Gasteiger partial charge in [-0.05, 0) is 43.2 Å². The molecule has 2 rings (SSSR count). The van der Waals surface area contributed by atoms with Gasteiger partial charge in [-0.25, -0.2) is 0 Å². The zero-order chi connectivity index (χ0) is 11.7. The van der Waals surface area contributed by atoms with E-state index in [9.17, 15) is 4.79 Å². The highest BCUT2D eigenvalue weighted by molar-refractivity contribution is 5.42. The lowest BCUT2D eigenvalue weighted by Crippen LogP contribution is -2.30. The third-order valence-electron chi connectivity index (χ3n) is 3.18. The highest BCUT2D eigenvalue weighted by Crippen LogP contribution is 2.21. The largest absolute Gasteiger partial charge is 0.394 e. The Morgan fingerprint density at radius 1 is 1.38 bits per heavy atom. The highest BCUT2D eigenvalue weighted by atomic mass is 16.1. The third-order valence-corrected chi connectivity index (χ3v) is 3.18. The Morgan fingerprint density at radius 3 is 2.75 bits per heavy atom. The first kappa shape index (κ1) is 11.2. The SMILES string of the molecule is CC(C)Cn1c2c(cc(N)c1=O)CCCC2. The summed E-state index contributed by atoms with van der Waals surface area (Å²) in [4.78, 5) is 12.0. The maximum atomic E-state index is 12.0. The van der Waals surface area contributed by atoms with Crippen LogP contribution in [0, 0.1) is 5.92 Å². The second-order valence-corrected chi connectivity index (χ2v) is 5.09. The fourth-order valence-electron chi connectivity index (χ4n) is 2.46. The van der Waals surface area contributed by atoms with Crippen molar-refractivity contribution in [2.75, 3.05) is 5.73 Å². The van der Waals surface area contributed by atoms with Gasteiger partial charge in [-0.1, -0.05) is 13.8 Å². The first-order chi connectivity index (χ1) is 7.59. The van der Waals surface area contributed by atoms with Gasteiger partial charge in [0.25, 0.3) is 5.56 Å². The van der Waals surface area contributed by atoms with E-state index in [0.29, 0.717) is 11.6 Å². The van der Waals surface area contributed by atoms with E-state index in [1.807, 2.05) is 10.6 Å². The van der Waals surface area contributed by atoms with E-state index < -0.39 is 0 Å². The molecular formula is C13H20N2O. The predicted octanol–water partition coefficient (Wildman–Crippen LogP) is 1.97. The van der Waals surface area contributed by atoms with E-state index in [0.717, 1.165) is 19.4 Å². The van der Waals surface area contributed by atoms with Gasteiger partial charge in [0.15, 0.2) is 0 Å². The van der Waals surface area contributed by atoms with Crippen molar-refractivity contribution >= 4 is 5.69 Å². The number of nitrogens with two attached hydrogens (primary N) is 1. The molecule has 1 heterocycles. The number of hydrogen-bond donors (Lipinski definition) is 1. The van der Waals surface area contributed by atoms with E-state index >= 15 is 0 Å². The minimum absolute atomic E-state index is 0.00523. The number of rotatable bonds is 2. The van der Waals surface area contributed by atoms with Crippen molar-refractivity contribution in [3.05, 3.63) is 27.7 Å². The molecule has 0 aromatic carbocycles. The standard InChI is InChI=1S/C13H20N2O/c1-9(2)8-15-12-6-4-3-5-10(12)7-11(14)13(15)16/h7,9H,3-6,8,14H2,1-2H3. The molecule has 0 bridgehead atoms. The van der Waals surface area contributed by atoms with Gasteiger partial charge in [0.1, 0.15) is 0 Å². The van der Waals surface area contributed by atoms with E-state index in [1.165, 1.54) is 24.1 Å². The van der Waals surface area contributed by atoms with E-state index in [4.69, 9.17) is 5.73 Å². The number of aromatic nitrogens is 1. The van der Waals surface area contributed by atoms with Crippen molar-refractivity contribution in [3.63, 3.8) is 0 Å². The first-order valence-electron chi connectivity index (χ1n) is 6.10. The molecule has 3 nitrogen and oxygen atoms in total. The van der Waals surface area contributed by atoms with Crippen LogP contribution in [0.4, 0.5) is 5.69 Å². The van der Waals surface area contributed by atoms with Gasteiger partial charge in [-0.2, -0.15) is 0 Å². The summed E-state index contributed by atoms with van der Waals surface area (Å²) in [6.45, 7) is 5.04. The molecule has 0 radical (unpaired) electrons. The van der Waals surface area contributed by atoms with Gasteiger partial charge in [0, 0.05) is 12.2 Å². The molecule has 1 aromatic heterocycles. The fraction of sp³-hybridized carbons (Fsp3) is 0.615. The molecule has 0 spiro atoms. The van der Waals surface area contributed by atoms with E-state index in [-0.39, 0.29) is 5.56 Å². The Kier molecular flexibility index (Phi) is 3.03. The van der Waals surface area contributed by atoms with Crippen LogP contribution in [0.1, 0.15) is 37.9 Å². The number of anilines is 1. The number of pyridine rings is 1. The molecule has 0 unspecified atom stereocenters. The molecule has 0 fully saturated rings. The van der Waals surface area contributed by atoms with Crippen molar-refractivity contribution < 1.29 is 0 Å². The normalized spacial score (nSPS) is 15.2. The van der Waals surface area contributed by atoms with Crippen molar-refractivity contribution in [1.29, 1.82) is 0 Å². The van der Waals surface area contributed by atoms with Crippen LogP contribution in [0.5, 0.6) is 0 Å². The minimum atomic E-state index is -0.00523. The van der Waals surface area contributed by atoms with Crippen LogP contribution in [0.15, 0.2) is 10.9 Å². The Labute approximate surface area is 96.3 Å². The lowest BCUT2D eigenvalue weighted by Gasteiger charge is -2.22. The quantitative estimate of drug-likeness (QED) is 0.828. The lowest BCUT2D eigenvalue weighted by molar-refractivity contribution is 0.481. The minimum Gasteiger partial charge on any atom is -0.394 e. The molecule has 1 aliphatic carbocycles. The van der Waals surface area contributed by atoms with Gasteiger partial charge in [0.2, 0.25) is 0 Å². The van der Waals surface area contributed by atoms with Gasteiger partial charge < -0.3 is 10.3 Å². The molecule has 0 amide bonds. The molecule has 0 saturated heterocycles. The van der Waals surface area contributed by atoms with Crippen LogP contribution in [-0.2, 0) is 19.4 Å². The van der Waals surface area contributed by atoms with Gasteiger partial charge in [-0.15, -0.1) is 0 Å². The molecule has 2 N–H and O–H groups in total. The van der Waals surface area contributed by atoms with E-state index in [1.54, 1.807) is 0 Å². The number of nitrogen functional groups attached to an aromatic ring is 1. The summed E-state index contributed by atoms with van der Waals surface area (Å²) in [6.07, 6.45) is 4.50. The van der Waals surface area contributed by atoms with Crippen LogP contribution < -0.4 is 11.3 Å². The monoisotopic (exact) mass is 220 g/mol. The smallest absolute Gasteiger partial charge is 0.273 e. The third kappa shape index (κ3) is 1.99. The first-order valence-corrected chi connectivity index (χ1v) is 6.10. The predicted molar refractivity (Wildman–Crippen MR) is 66.6 cm³/mol. The molecule has 3 heteroatoms. The number of aryl methyl sites for hydroxylation is 1. The summed E-state index contributed by atoms with van der Waals surface area (Å²) < 4.78 is 1.90. The second kappa shape index (κ2) is 4.32. The van der Waals surface area contributed by atoms with Crippen LogP contribution in [-0.4, -0.2) is 4.57 Å². The molecule has 0 saturated carbocycles. The maximum Gasteiger partial charge on any atom is 0.273 e. The zero-order valence-electron chi connectivity index (χ0n) is 10.1. The van der Waals surface area contributed by atoms with Gasteiger partial charge >= 0.3 is 0 Å².